The smallest absolute Gasteiger partial charge is 0.253 e. The van der Waals surface area contributed by atoms with E-state index >= 15 is 0 Å². The Morgan fingerprint density at radius 2 is 1.81 bits per heavy atom. The Kier molecular flexibility index (Phi) is 5.55. The van der Waals surface area contributed by atoms with Crippen LogP contribution in [0.15, 0.2) is 35.7 Å². The van der Waals surface area contributed by atoms with Gasteiger partial charge in [-0.3, -0.25) is 14.5 Å². The van der Waals surface area contributed by atoms with Crippen LogP contribution in [0, 0.1) is 0 Å². The Hall–Kier alpha value is -2.18. The minimum Gasteiger partial charge on any atom is -0.351 e. The van der Waals surface area contributed by atoms with Gasteiger partial charge in [0.25, 0.3) is 5.91 Å². The quantitative estimate of drug-likeness (QED) is 0.864. The molecule has 1 saturated heterocycles. The minimum atomic E-state index is 0.0471. The first-order valence-corrected chi connectivity index (χ1v) is 10.5. The van der Waals surface area contributed by atoms with E-state index in [0.29, 0.717) is 13.1 Å². The van der Waals surface area contributed by atoms with Crippen LogP contribution in [0.3, 0.4) is 0 Å². The predicted molar refractivity (Wildman–Crippen MR) is 107 cm³/mol. The Balaban J connectivity index is 1.25. The molecule has 1 fully saturated rings. The molecule has 6 heteroatoms. The van der Waals surface area contributed by atoms with Crippen LogP contribution in [0.25, 0.3) is 0 Å². The maximum atomic E-state index is 12.4. The van der Waals surface area contributed by atoms with Crippen LogP contribution in [0.1, 0.15) is 39.2 Å². The van der Waals surface area contributed by atoms with Crippen LogP contribution >= 0.6 is 11.3 Å². The molecule has 142 valence electrons. The maximum Gasteiger partial charge on any atom is 0.253 e. The highest BCUT2D eigenvalue weighted by Gasteiger charge is 2.20. The Morgan fingerprint density at radius 3 is 2.59 bits per heavy atom. The Bertz CT molecular complexity index is 809. The molecule has 2 aliphatic rings. The second kappa shape index (κ2) is 8.23. The summed E-state index contributed by atoms with van der Waals surface area (Å²) < 4.78 is 0. The van der Waals surface area contributed by atoms with Gasteiger partial charge in [0.05, 0.1) is 6.54 Å². The summed E-state index contributed by atoms with van der Waals surface area (Å²) >= 11 is 1.81. The molecule has 27 heavy (non-hydrogen) atoms. The molecular formula is C21H25N3O2S. The zero-order valence-corrected chi connectivity index (χ0v) is 16.3. The van der Waals surface area contributed by atoms with Crippen LogP contribution in [-0.4, -0.2) is 47.8 Å². The van der Waals surface area contributed by atoms with Gasteiger partial charge in [-0.1, -0.05) is 12.1 Å². The van der Waals surface area contributed by atoms with Crippen LogP contribution in [0.5, 0.6) is 0 Å². The van der Waals surface area contributed by atoms with Crippen molar-refractivity contribution in [1.29, 1.82) is 0 Å². The molecule has 5 nitrogen and oxygen atoms in total. The van der Waals surface area contributed by atoms with Gasteiger partial charge in [0.15, 0.2) is 0 Å². The van der Waals surface area contributed by atoms with Crippen molar-refractivity contribution in [3.63, 3.8) is 0 Å². The monoisotopic (exact) mass is 383 g/mol. The first-order valence-electron chi connectivity index (χ1n) is 9.61. The zero-order chi connectivity index (χ0) is 18.6. The molecule has 2 aliphatic heterocycles. The third-order valence-electron chi connectivity index (χ3n) is 5.34. The van der Waals surface area contributed by atoms with E-state index in [1.165, 1.54) is 10.4 Å². The van der Waals surface area contributed by atoms with E-state index in [4.69, 9.17) is 0 Å². The fourth-order valence-electron chi connectivity index (χ4n) is 3.77. The number of rotatable bonds is 5. The predicted octanol–water partition coefficient (Wildman–Crippen LogP) is 2.66. The summed E-state index contributed by atoms with van der Waals surface area (Å²) in [5.74, 6) is 0.159. The van der Waals surface area contributed by atoms with Crippen LogP contribution in [-0.2, 0) is 24.3 Å². The van der Waals surface area contributed by atoms with Gasteiger partial charge < -0.3 is 10.2 Å². The van der Waals surface area contributed by atoms with Gasteiger partial charge in [0, 0.05) is 43.2 Å². The summed E-state index contributed by atoms with van der Waals surface area (Å²) in [5.41, 5.74) is 3.10. The van der Waals surface area contributed by atoms with Crippen molar-refractivity contribution in [3.8, 4) is 0 Å². The van der Waals surface area contributed by atoms with Crippen molar-refractivity contribution in [2.24, 2.45) is 0 Å². The molecule has 0 saturated carbocycles. The van der Waals surface area contributed by atoms with E-state index in [1.54, 1.807) is 0 Å². The second-order valence-corrected chi connectivity index (χ2v) is 8.30. The highest BCUT2D eigenvalue weighted by atomic mass is 32.1. The number of thiophene rings is 1. The fraction of sp³-hybridized carbons (Fsp3) is 0.429. The van der Waals surface area contributed by atoms with Gasteiger partial charge in [-0.05, 0) is 54.0 Å². The molecule has 1 aromatic heterocycles. The van der Waals surface area contributed by atoms with Gasteiger partial charge in [0.2, 0.25) is 5.91 Å². The lowest BCUT2D eigenvalue weighted by Gasteiger charge is -2.26. The number of carbonyl (C=O) groups is 2. The first kappa shape index (κ1) is 18.2. The molecule has 1 aromatic carbocycles. The number of likely N-dealkylation sites (tertiary alicyclic amines) is 1. The molecule has 1 N–H and O–H groups in total. The fourth-order valence-corrected chi connectivity index (χ4v) is 4.66. The summed E-state index contributed by atoms with van der Waals surface area (Å²) in [6.07, 6.45) is 3.23. The van der Waals surface area contributed by atoms with Gasteiger partial charge in [-0.25, -0.2) is 0 Å². The number of carbonyl (C=O) groups excluding carboxylic acids is 2. The molecule has 0 unspecified atom stereocenters. The Morgan fingerprint density at radius 1 is 1.04 bits per heavy atom. The largest absolute Gasteiger partial charge is 0.351 e. The molecule has 2 aromatic rings. The molecule has 3 heterocycles. The number of hydrogen-bond donors (Lipinski definition) is 1. The van der Waals surface area contributed by atoms with Gasteiger partial charge >= 0.3 is 0 Å². The second-order valence-electron chi connectivity index (χ2n) is 7.30. The number of hydrogen-bond acceptors (Lipinski definition) is 4. The number of amides is 2. The van der Waals surface area contributed by atoms with E-state index in [0.717, 1.165) is 56.6 Å². The van der Waals surface area contributed by atoms with E-state index in [-0.39, 0.29) is 11.8 Å². The van der Waals surface area contributed by atoms with Crippen molar-refractivity contribution >= 4 is 23.2 Å². The summed E-state index contributed by atoms with van der Waals surface area (Å²) in [6, 6.07) is 9.76. The third kappa shape index (κ3) is 4.39. The van der Waals surface area contributed by atoms with Crippen molar-refractivity contribution in [2.75, 3.05) is 26.2 Å². The van der Waals surface area contributed by atoms with Crippen molar-refractivity contribution in [2.45, 2.75) is 32.4 Å². The van der Waals surface area contributed by atoms with E-state index in [1.807, 2.05) is 40.5 Å². The van der Waals surface area contributed by atoms with E-state index in [2.05, 4.69) is 21.7 Å². The lowest BCUT2D eigenvalue weighted by atomic mass is 10.1. The number of fused-ring (bicyclic) bond motifs is 1. The topological polar surface area (TPSA) is 52.7 Å². The standard InChI is InChI=1S/C21H25N3O2S/c25-20(15-23-11-7-19-18(14-23)8-12-27-19)22-13-16-3-5-17(6-4-16)21(26)24-9-1-2-10-24/h3-6,8,12H,1-2,7,9-11,13-15H2,(H,22,25). The lowest BCUT2D eigenvalue weighted by Crippen LogP contribution is -2.39. The maximum absolute atomic E-state index is 12.4. The van der Waals surface area contributed by atoms with E-state index in [9.17, 15) is 9.59 Å². The van der Waals surface area contributed by atoms with Crippen LogP contribution in [0.2, 0.25) is 0 Å². The molecule has 4 rings (SSSR count). The summed E-state index contributed by atoms with van der Waals surface area (Å²) in [7, 11) is 0. The average molecular weight is 384 g/mol. The van der Waals surface area contributed by atoms with Gasteiger partial charge in [-0.15, -0.1) is 11.3 Å². The molecule has 0 spiro atoms. The van der Waals surface area contributed by atoms with Crippen molar-refractivity contribution < 1.29 is 9.59 Å². The van der Waals surface area contributed by atoms with Gasteiger partial charge in [-0.2, -0.15) is 0 Å². The molecule has 2 amide bonds. The molecule has 0 atom stereocenters. The van der Waals surface area contributed by atoms with Crippen molar-refractivity contribution in [1.82, 2.24) is 15.1 Å². The van der Waals surface area contributed by atoms with Crippen LogP contribution in [0.4, 0.5) is 0 Å². The molecular weight excluding hydrogens is 358 g/mol. The summed E-state index contributed by atoms with van der Waals surface area (Å²) in [5, 5.41) is 5.13. The highest BCUT2D eigenvalue weighted by Crippen LogP contribution is 2.23. The lowest BCUT2D eigenvalue weighted by molar-refractivity contribution is -0.122. The highest BCUT2D eigenvalue weighted by molar-refractivity contribution is 7.10. The zero-order valence-electron chi connectivity index (χ0n) is 15.4. The molecule has 0 radical (unpaired) electrons. The molecule has 0 aliphatic carbocycles. The third-order valence-corrected chi connectivity index (χ3v) is 6.36. The number of nitrogens with zero attached hydrogens (tertiary/aromatic N) is 2. The van der Waals surface area contributed by atoms with E-state index < -0.39 is 0 Å². The molecule has 0 bridgehead atoms. The summed E-state index contributed by atoms with van der Waals surface area (Å²) in [6.45, 7) is 4.45. The number of benzene rings is 1. The number of nitrogens with one attached hydrogen (secondary N) is 1. The normalized spacial score (nSPS) is 17.0. The average Bonchev–Trinajstić information content (AvgIpc) is 3.37. The van der Waals surface area contributed by atoms with Crippen molar-refractivity contribution in [3.05, 3.63) is 57.3 Å². The Labute approximate surface area is 164 Å². The van der Waals surface area contributed by atoms with Gasteiger partial charge in [0.1, 0.15) is 0 Å². The van der Waals surface area contributed by atoms with Crippen LogP contribution < -0.4 is 5.32 Å². The summed E-state index contributed by atoms with van der Waals surface area (Å²) in [4.78, 5) is 30.2. The minimum absolute atomic E-state index is 0.0471. The SMILES string of the molecule is O=C(CN1CCc2sccc2C1)NCc1ccc(C(=O)N2CCCC2)cc1. The first-order chi connectivity index (χ1) is 13.2.